The molecule has 1 aromatic carbocycles. The number of methoxy groups -OCH3 is 1. The van der Waals surface area contributed by atoms with E-state index in [1.807, 2.05) is 18.2 Å². The first kappa shape index (κ1) is 12.2. The van der Waals surface area contributed by atoms with Crippen LogP contribution in [0, 0.1) is 0 Å². The highest BCUT2D eigenvalue weighted by molar-refractivity contribution is 5.50. The molecule has 0 unspecified atom stereocenters. The summed E-state index contributed by atoms with van der Waals surface area (Å²) in [6, 6.07) is 8.08. The Bertz CT molecular complexity index is 359. The number of hydrogen-bond donors (Lipinski definition) is 2. The van der Waals surface area contributed by atoms with Gasteiger partial charge in [-0.25, -0.2) is 0 Å². The summed E-state index contributed by atoms with van der Waals surface area (Å²) in [5.41, 5.74) is 7.16. The number of ether oxygens (including phenoxy) is 1. The maximum atomic E-state index is 5.96. The van der Waals surface area contributed by atoms with E-state index < -0.39 is 0 Å². The van der Waals surface area contributed by atoms with Crippen molar-refractivity contribution >= 4 is 5.69 Å². The van der Waals surface area contributed by atoms with Gasteiger partial charge in [-0.05, 0) is 25.0 Å². The van der Waals surface area contributed by atoms with Gasteiger partial charge in [0, 0.05) is 23.8 Å². The molecule has 1 saturated carbocycles. The van der Waals surface area contributed by atoms with Crippen LogP contribution >= 0.6 is 0 Å². The first-order valence-electron chi connectivity index (χ1n) is 6.40. The van der Waals surface area contributed by atoms with Crippen molar-refractivity contribution in [3.05, 3.63) is 24.3 Å². The Kier molecular flexibility index (Phi) is 3.89. The van der Waals surface area contributed by atoms with Gasteiger partial charge in [-0.2, -0.15) is 0 Å². The zero-order valence-corrected chi connectivity index (χ0v) is 10.5. The second-order valence-electron chi connectivity index (χ2n) is 4.90. The van der Waals surface area contributed by atoms with Gasteiger partial charge in [0.05, 0.1) is 7.11 Å². The van der Waals surface area contributed by atoms with Crippen molar-refractivity contribution in [3.63, 3.8) is 0 Å². The van der Waals surface area contributed by atoms with Crippen LogP contribution < -0.4 is 15.8 Å². The standard InChI is InChI=1S/C14H22N2O/c1-17-13-7-5-6-12(10-13)16-14(11-15)8-3-2-4-9-14/h5-7,10,16H,2-4,8-9,11,15H2,1H3. The molecule has 3 nitrogen and oxygen atoms in total. The molecule has 17 heavy (non-hydrogen) atoms. The number of hydrogen-bond acceptors (Lipinski definition) is 3. The molecule has 0 bridgehead atoms. The van der Waals surface area contributed by atoms with Crippen LogP contribution in [0.5, 0.6) is 5.75 Å². The van der Waals surface area contributed by atoms with Crippen molar-refractivity contribution in [1.29, 1.82) is 0 Å². The highest BCUT2D eigenvalue weighted by Crippen LogP contribution is 2.31. The molecule has 0 atom stereocenters. The lowest BCUT2D eigenvalue weighted by atomic mass is 9.81. The van der Waals surface area contributed by atoms with Crippen molar-refractivity contribution in [1.82, 2.24) is 0 Å². The van der Waals surface area contributed by atoms with E-state index >= 15 is 0 Å². The summed E-state index contributed by atoms with van der Waals surface area (Å²) < 4.78 is 5.24. The summed E-state index contributed by atoms with van der Waals surface area (Å²) in [5.74, 6) is 0.887. The van der Waals surface area contributed by atoms with E-state index in [0.29, 0.717) is 6.54 Å². The van der Waals surface area contributed by atoms with Crippen LogP contribution in [0.15, 0.2) is 24.3 Å². The Morgan fingerprint density at radius 2 is 2.06 bits per heavy atom. The van der Waals surface area contributed by atoms with Crippen LogP contribution in [0.3, 0.4) is 0 Å². The lowest BCUT2D eigenvalue weighted by Gasteiger charge is -2.38. The summed E-state index contributed by atoms with van der Waals surface area (Å²) in [5, 5.41) is 3.61. The second kappa shape index (κ2) is 5.41. The van der Waals surface area contributed by atoms with Crippen molar-refractivity contribution in [2.45, 2.75) is 37.6 Å². The molecule has 3 heteroatoms. The van der Waals surface area contributed by atoms with Crippen LogP contribution in [0.1, 0.15) is 32.1 Å². The fraction of sp³-hybridized carbons (Fsp3) is 0.571. The molecule has 2 rings (SSSR count). The monoisotopic (exact) mass is 234 g/mol. The van der Waals surface area contributed by atoms with Gasteiger partial charge in [-0.15, -0.1) is 0 Å². The quantitative estimate of drug-likeness (QED) is 0.842. The molecule has 0 amide bonds. The van der Waals surface area contributed by atoms with Crippen LogP contribution in [0.4, 0.5) is 5.69 Å². The first-order valence-corrected chi connectivity index (χ1v) is 6.40. The molecule has 1 aromatic rings. The largest absolute Gasteiger partial charge is 0.497 e. The molecular weight excluding hydrogens is 212 g/mol. The molecule has 0 saturated heterocycles. The van der Waals surface area contributed by atoms with E-state index in [-0.39, 0.29) is 5.54 Å². The van der Waals surface area contributed by atoms with Crippen molar-refractivity contribution in [2.75, 3.05) is 19.0 Å². The van der Waals surface area contributed by atoms with Crippen LogP contribution in [-0.4, -0.2) is 19.2 Å². The molecule has 94 valence electrons. The molecule has 0 heterocycles. The Labute approximate surface area is 103 Å². The van der Waals surface area contributed by atoms with Crippen LogP contribution in [-0.2, 0) is 0 Å². The maximum Gasteiger partial charge on any atom is 0.120 e. The minimum absolute atomic E-state index is 0.0879. The van der Waals surface area contributed by atoms with Gasteiger partial charge in [0.25, 0.3) is 0 Å². The molecule has 0 radical (unpaired) electrons. The van der Waals surface area contributed by atoms with Gasteiger partial charge in [-0.1, -0.05) is 25.3 Å². The smallest absolute Gasteiger partial charge is 0.120 e. The van der Waals surface area contributed by atoms with Gasteiger partial charge in [0.2, 0.25) is 0 Å². The third kappa shape index (κ3) is 2.91. The molecule has 1 fully saturated rings. The molecular formula is C14H22N2O. The summed E-state index contributed by atoms with van der Waals surface area (Å²) >= 11 is 0. The third-order valence-electron chi connectivity index (χ3n) is 3.68. The number of benzene rings is 1. The topological polar surface area (TPSA) is 47.3 Å². The Balaban J connectivity index is 2.11. The van der Waals surface area contributed by atoms with E-state index in [0.717, 1.165) is 11.4 Å². The zero-order valence-electron chi connectivity index (χ0n) is 10.5. The highest BCUT2D eigenvalue weighted by atomic mass is 16.5. The van der Waals surface area contributed by atoms with E-state index in [9.17, 15) is 0 Å². The molecule has 3 N–H and O–H groups in total. The highest BCUT2D eigenvalue weighted by Gasteiger charge is 2.30. The third-order valence-corrected chi connectivity index (χ3v) is 3.68. The Morgan fingerprint density at radius 3 is 2.71 bits per heavy atom. The number of nitrogens with one attached hydrogen (secondary N) is 1. The van der Waals surface area contributed by atoms with Crippen LogP contribution in [0.2, 0.25) is 0 Å². The minimum atomic E-state index is 0.0879. The van der Waals surface area contributed by atoms with Crippen molar-refractivity contribution in [2.24, 2.45) is 5.73 Å². The van der Waals surface area contributed by atoms with Gasteiger partial charge < -0.3 is 15.8 Å². The average molecular weight is 234 g/mol. The first-order chi connectivity index (χ1) is 8.28. The number of anilines is 1. The predicted molar refractivity (Wildman–Crippen MR) is 71.5 cm³/mol. The molecule has 1 aliphatic rings. The fourth-order valence-corrected chi connectivity index (χ4v) is 2.62. The van der Waals surface area contributed by atoms with Gasteiger partial charge in [-0.3, -0.25) is 0 Å². The Morgan fingerprint density at radius 1 is 1.29 bits per heavy atom. The van der Waals surface area contributed by atoms with Gasteiger partial charge >= 0.3 is 0 Å². The van der Waals surface area contributed by atoms with Gasteiger partial charge in [0.1, 0.15) is 5.75 Å². The minimum Gasteiger partial charge on any atom is -0.497 e. The number of rotatable bonds is 4. The lowest BCUT2D eigenvalue weighted by molar-refractivity contribution is 0.331. The summed E-state index contributed by atoms with van der Waals surface area (Å²) in [7, 11) is 1.69. The summed E-state index contributed by atoms with van der Waals surface area (Å²) in [4.78, 5) is 0. The van der Waals surface area contributed by atoms with Crippen LogP contribution in [0.25, 0.3) is 0 Å². The summed E-state index contributed by atoms with van der Waals surface area (Å²) in [6.45, 7) is 0.699. The average Bonchev–Trinajstić information content (AvgIpc) is 2.40. The maximum absolute atomic E-state index is 5.96. The van der Waals surface area contributed by atoms with E-state index in [1.54, 1.807) is 7.11 Å². The zero-order chi connectivity index (χ0) is 12.1. The van der Waals surface area contributed by atoms with Crippen molar-refractivity contribution in [3.8, 4) is 5.75 Å². The lowest BCUT2D eigenvalue weighted by Crippen LogP contribution is -2.46. The van der Waals surface area contributed by atoms with E-state index in [4.69, 9.17) is 10.5 Å². The van der Waals surface area contributed by atoms with E-state index in [2.05, 4.69) is 11.4 Å². The second-order valence-corrected chi connectivity index (χ2v) is 4.90. The SMILES string of the molecule is COc1cccc(NC2(CN)CCCCC2)c1. The summed E-state index contributed by atoms with van der Waals surface area (Å²) in [6.07, 6.45) is 6.21. The fourth-order valence-electron chi connectivity index (χ4n) is 2.62. The Hall–Kier alpha value is -1.22. The van der Waals surface area contributed by atoms with E-state index in [1.165, 1.54) is 32.1 Å². The van der Waals surface area contributed by atoms with Crippen molar-refractivity contribution < 1.29 is 4.74 Å². The number of nitrogens with two attached hydrogens (primary N) is 1. The van der Waals surface area contributed by atoms with Gasteiger partial charge in [0.15, 0.2) is 0 Å². The molecule has 1 aliphatic carbocycles. The normalized spacial score (nSPS) is 18.7. The predicted octanol–water partition coefficient (Wildman–Crippen LogP) is 2.77. The molecule has 0 aliphatic heterocycles. The molecule has 0 spiro atoms. The molecule has 0 aromatic heterocycles.